The van der Waals surface area contributed by atoms with E-state index in [1.165, 1.54) is 0 Å². The molecule has 2 aromatic heterocycles. The molecule has 160 valence electrons. The van der Waals surface area contributed by atoms with Gasteiger partial charge in [0, 0.05) is 29.2 Å². The molecule has 4 aromatic rings. The maximum absolute atomic E-state index is 10.9. The lowest BCUT2D eigenvalue weighted by Gasteiger charge is -2.11. The summed E-state index contributed by atoms with van der Waals surface area (Å²) in [6.07, 6.45) is 6.82. The Morgan fingerprint density at radius 2 is 2.06 bits per heavy atom. The van der Waals surface area contributed by atoms with Crippen LogP contribution >= 0.6 is 0 Å². The lowest BCUT2D eigenvalue weighted by molar-refractivity contribution is -0.119. The monoisotopic (exact) mass is 428 g/mol. The first-order chi connectivity index (χ1) is 15.6. The van der Waals surface area contributed by atoms with Gasteiger partial charge in [0.1, 0.15) is 17.3 Å². The third kappa shape index (κ3) is 3.60. The fraction of sp³-hybridized carbons (Fsp3) is 0.130. The largest absolute Gasteiger partial charge is 0.484 e. The molecule has 0 bridgehead atoms. The Bertz CT molecular complexity index is 1340. The van der Waals surface area contributed by atoms with Crippen LogP contribution in [0.2, 0.25) is 0 Å². The maximum Gasteiger partial charge on any atom is 0.255 e. The number of aromatic nitrogens is 3. The van der Waals surface area contributed by atoms with E-state index in [0.717, 1.165) is 46.7 Å². The van der Waals surface area contributed by atoms with Crippen molar-refractivity contribution < 1.29 is 14.7 Å². The van der Waals surface area contributed by atoms with E-state index >= 15 is 0 Å². The Hall–Kier alpha value is -4.40. The second-order valence-electron chi connectivity index (χ2n) is 7.44. The number of aryl methyl sites for hydroxylation is 1. The second-order valence-corrected chi connectivity index (χ2v) is 7.44. The molecule has 32 heavy (non-hydrogen) atoms. The van der Waals surface area contributed by atoms with E-state index < -0.39 is 5.91 Å². The van der Waals surface area contributed by atoms with Gasteiger partial charge in [-0.15, -0.1) is 0 Å². The molecule has 2 aromatic carbocycles. The number of oxime groups is 1. The number of nitrogens with one attached hydrogen (secondary N) is 1. The number of carbonyl (C=O) groups excluding carboxylic acids is 1. The standard InChI is InChI=1S/C23H20N6O3/c24-20(30)13-32-17-5-1-14(2-6-17)22-23(29-10-9-25-12-21(29)27-22)26-16-4-7-18-15(11-16)3-8-19(18)28-31/h1-2,4-7,9-12,26,31H,3,8,13H2,(H2,24,30)/b28-19+. The summed E-state index contributed by atoms with van der Waals surface area (Å²) in [7, 11) is 0. The smallest absolute Gasteiger partial charge is 0.255 e. The molecule has 0 radical (unpaired) electrons. The Morgan fingerprint density at radius 3 is 2.84 bits per heavy atom. The van der Waals surface area contributed by atoms with Gasteiger partial charge >= 0.3 is 0 Å². The van der Waals surface area contributed by atoms with Crippen molar-refractivity contribution in [1.82, 2.24) is 14.4 Å². The molecule has 1 aliphatic rings. The number of anilines is 2. The number of amides is 1. The highest BCUT2D eigenvalue weighted by atomic mass is 16.5. The van der Waals surface area contributed by atoms with Gasteiger partial charge in [0.15, 0.2) is 12.3 Å². The summed E-state index contributed by atoms with van der Waals surface area (Å²) in [5.41, 5.74) is 11.2. The Balaban J connectivity index is 1.51. The van der Waals surface area contributed by atoms with Crippen molar-refractivity contribution in [3.63, 3.8) is 0 Å². The van der Waals surface area contributed by atoms with E-state index in [4.69, 9.17) is 15.5 Å². The lowest BCUT2D eigenvalue weighted by atomic mass is 10.1. The first kappa shape index (κ1) is 19.6. The fourth-order valence-electron chi connectivity index (χ4n) is 3.88. The summed E-state index contributed by atoms with van der Waals surface area (Å²) in [6, 6.07) is 13.3. The van der Waals surface area contributed by atoms with Crippen LogP contribution in [0.1, 0.15) is 17.5 Å². The third-order valence-corrected chi connectivity index (χ3v) is 5.37. The normalized spacial score (nSPS) is 13.9. The summed E-state index contributed by atoms with van der Waals surface area (Å²) < 4.78 is 7.29. The van der Waals surface area contributed by atoms with E-state index in [1.807, 2.05) is 34.9 Å². The molecule has 2 heterocycles. The van der Waals surface area contributed by atoms with Crippen molar-refractivity contribution in [2.24, 2.45) is 10.9 Å². The van der Waals surface area contributed by atoms with Gasteiger partial charge < -0.3 is 21.0 Å². The molecule has 0 aliphatic heterocycles. The van der Waals surface area contributed by atoms with Crippen LogP contribution in [0.25, 0.3) is 16.9 Å². The lowest BCUT2D eigenvalue weighted by Crippen LogP contribution is -2.19. The SMILES string of the molecule is NC(=O)COc1ccc(-c2nc3cnccn3c2Nc2ccc3c(c2)CC/C3=N\O)cc1. The van der Waals surface area contributed by atoms with Crippen molar-refractivity contribution >= 4 is 28.8 Å². The topological polar surface area (TPSA) is 127 Å². The number of hydrogen-bond acceptors (Lipinski definition) is 7. The molecule has 0 fully saturated rings. The number of carbonyl (C=O) groups is 1. The summed E-state index contributed by atoms with van der Waals surface area (Å²) in [4.78, 5) is 19.9. The number of benzene rings is 2. The summed E-state index contributed by atoms with van der Waals surface area (Å²) >= 11 is 0. The molecular weight excluding hydrogens is 408 g/mol. The zero-order chi connectivity index (χ0) is 22.1. The quantitative estimate of drug-likeness (QED) is 0.320. The minimum absolute atomic E-state index is 0.173. The molecule has 4 N–H and O–H groups in total. The highest BCUT2D eigenvalue weighted by molar-refractivity contribution is 6.04. The van der Waals surface area contributed by atoms with Crippen LogP contribution in [0, 0.1) is 0 Å². The van der Waals surface area contributed by atoms with E-state index in [2.05, 4.69) is 21.5 Å². The molecule has 0 saturated heterocycles. The van der Waals surface area contributed by atoms with Crippen molar-refractivity contribution in [2.75, 3.05) is 11.9 Å². The van der Waals surface area contributed by atoms with Gasteiger partial charge in [0.2, 0.25) is 0 Å². The summed E-state index contributed by atoms with van der Waals surface area (Å²) in [6.45, 7) is -0.173. The Morgan fingerprint density at radius 1 is 1.22 bits per heavy atom. The molecule has 0 saturated carbocycles. The molecule has 0 spiro atoms. The highest BCUT2D eigenvalue weighted by Crippen LogP contribution is 2.33. The number of primary amides is 1. The van der Waals surface area contributed by atoms with Crippen LogP contribution in [-0.4, -0.2) is 37.8 Å². The first-order valence-corrected chi connectivity index (χ1v) is 10.1. The van der Waals surface area contributed by atoms with Crippen molar-refractivity contribution in [3.05, 3.63) is 72.2 Å². The number of nitrogens with two attached hydrogens (primary N) is 1. The van der Waals surface area contributed by atoms with Gasteiger partial charge in [-0.1, -0.05) is 11.2 Å². The molecule has 1 amide bonds. The number of rotatable bonds is 6. The number of nitrogens with zero attached hydrogens (tertiary/aromatic N) is 4. The predicted molar refractivity (Wildman–Crippen MR) is 119 cm³/mol. The van der Waals surface area contributed by atoms with E-state index in [1.54, 1.807) is 24.5 Å². The molecule has 0 atom stereocenters. The van der Waals surface area contributed by atoms with Gasteiger partial charge in [-0.25, -0.2) is 4.98 Å². The average molecular weight is 428 g/mol. The minimum Gasteiger partial charge on any atom is -0.484 e. The van der Waals surface area contributed by atoms with Crippen molar-refractivity contribution in [1.29, 1.82) is 0 Å². The first-order valence-electron chi connectivity index (χ1n) is 10.1. The van der Waals surface area contributed by atoms with Crippen molar-refractivity contribution in [3.8, 4) is 17.0 Å². The van der Waals surface area contributed by atoms with Gasteiger partial charge in [0.25, 0.3) is 5.91 Å². The van der Waals surface area contributed by atoms with Crippen molar-refractivity contribution in [2.45, 2.75) is 12.8 Å². The molecule has 9 heteroatoms. The zero-order valence-electron chi connectivity index (χ0n) is 17.0. The maximum atomic E-state index is 10.9. The summed E-state index contributed by atoms with van der Waals surface area (Å²) in [5, 5.41) is 16.1. The zero-order valence-corrected chi connectivity index (χ0v) is 17.0. The number of hydrogen-bond donors (Lipinski definition) is 3. The van der Waals surface area contributed by atoms with Gasteiger partial charge in [-0.2, -0.15) is 0 Å². The van der Waals surface area contributed by atoms with E-state index in [9.17, 15) is 10.0 Å². The van der Waals surface area contributed by atoms with E-state index in [0.29, 0.717) is 17.1 Å². The molecule has 0 unspecified atom stereocenters. The second kappa shape index (κ2) is 8.03. The molecular formula is C23H20N6O3. The Kier molecular flexibility index (Phi) is 4.91. The van der Waals surface area contributed by atoms with Gasteiger partial charge in [-0.3, -0.25) is 14.2 Å². The van der Waals surface area contributed by atoms with Crippen LogP contribution in [0.15, 0.2) is 66.2 Å². The van der Waals surface area contributed by atoms with Crippen LogP contribution < -0.4 is 15.8 Å². The number of imidazole rings is 1. The molecule has 5 rings (SSSR count). The summed E-state index contributed by atoms with van der Waals surface area (Å²) in [5.74, 6) is 0.815. The van der Waals surface area contributed by atoms with E-state index in [-0.39, 0.29) is 6.61 Å². The van der Waals surface area contributed by atoms with Gasteiger partial charge in [-0.05, 0) is 54.8 Å². The van der Waals surface area contributed by atoms with Gasteiger partial charge in [0.05, 0.1) is 11.9 Å². The fourth-order valence-corrected chi connectivity index (χ4v) is 3.88. The van der Waals surface area contributed by atoms with Crippen LogP contribution in [0.4, 0.5) is 11.5 Å². The highest BCUT2D eigenvalue weighted by Gasteiger charge is 2.20. The number of ether oxygens (including phenoxy) is 1. The number of fused-ring (bicyclic) bond motifs is 2. The predicted octanol–water partition coefficient (Wildman–Crippen LogP) is 3.13. The minimum atomic E-state index is -0.528. The van der Waals surface area contributed by atoms with Crippen LogP contribution in [0.3, 0.4) is 0 Å². The molecule has 9 nitrogen and oxygen atoms in total. The third-order valence-electron chi connectivity index (χ3n) is 5.37. The average Bonchev–Trinajstić information content (AvgIpc) is 3.39. The van der Waals surface area contributed by atoms with Crippen LogP contribution in [0.5, 0.6) is 5.75 Å². The van der Waals surface area contributed by atoms with Crippen LogP contribution in [-0.2, 0) is 11.2 Å². The Labute approximate surface area is 183 Å². The molecule has 1 aliphatic carbocycles.